The fourth-order valence-electron chi connectivity index (χ4n) is 9.09. The summed E-state index contributed by atoms with van der Waals surface area (Å²) >= 11 is 25.0. The summed E-state index contributed by atoms with van der Waals surface area (Å²) in [5.41, 5.74) is 1.23. The van der Waals surface area contributed by atoms with Crippen molar-refractivity contribution in [1.29, 1.82) is 0 Å². The standard InChI is InChI=1S/2C28H35Cl2NO6S.CH4/c2*1-27(2,3)22(16-38(35,36)28(4,5)6)31-24(17-10-12-19(29)13-11-17)25(18-8-7-9-20(30)14-18)37-21(26(31)34)15-23(32)33;/h2*7-14,21-22,24-25H,15-16H2,1-6H3,(H,32,33);1H4/t21-,22?,24+,25?;21-,22?,24-,25?;/m01./s1. The molecule has 4 aromatic rings. The molecule has 2 aliphatic rings. The van der Waals surface area contributed by atoms with Gasteiger partial charge in [0.2, 0.25) is 0 Å². The fourth-order valence-corrected chi connectivity index (χ4v) is 12.9. The second-order valence-corrected chi connectivity index (χ2v) is 30.8. The molecule has 0 bridgehead atoms. The molecular weight excluding hydrogens is 1110 g/mol. The van der Waals surface area contributed by atoms with Crippen molar-refractivity contribution >= 4 is 89.8 Å². The summed E-state index contributed by atoms with van der Waals surface area (Å²) in [6.07, 6.45) is -5.41. The van der Waals surface area contributed by atoms with Crippen LogP contribution in [-0.4, -0.2) is 106 Å². The number of carbonyl (C=O) groups excluding carboxylic acids is 2. The van der Waals surface area contributed by atoms with E-state index in [0.717, 1.165) is 0 Å². The molecule has 0 radical (unpaired) electrons. The monoisotopic (exact) mass is 1180 g/mol. The SMILES string of the molecule is C.CC(C)(C)C(CS(=O)(=O)C(C)(C)C)N1C(=O)[C@@H](CC(=O)O)OC(c2cccc(Cl)c2)[C@H]1c1ccc(Cl)cc1.CC(C)(C)C(CS(=O)(=O)C(C)(C)C)N1C(=O)[C@H](CC(=O)O)OC(c2cccc(Cl)c2)[C@H]1c1ccc(Cl)cc1. The van der Waals surface area contributed by atoms with E-state index in [1.165, 1.54) is 9.80 Å². The molecule has 2 fully saturated rings. The molecule has 6 rings (SSSR count). The lowest BCUT2D eigenvalue weighted by atomic mass is 9.82. The molecule has 14 nitrogen and oxygen atoms in total. The molecule has 8 atom stereocenters. The highest BCUT2D eigenvalue weighted by molar-refractivity contribution is 7.93. The highest BCUT2D eigenvalue weighted by atomic mass is 35.5. The predicted octanol–water partition coefficient (Wildman–Crippen LogP) is 12.8. The second kappa shape index (κ2) is 25.0. The van der Waals surface area contributed by atoms with Crippen LogP contribution in [0.25, 0.3) is 0 Å². The minimum atomic E-state index is -3.69. The van der Waals surface area contributed by atoms with Crippen LogP contribution in [-0.2, 0) is 48.3 Å². The molecule has 0 saturated carbocycles. The van der Waals surface area contributed by atoms with Crippen molar-refractivity contribution in [3.05, 3.63) is 139 Å². The Morgan fingerprint density at radius 3 is 1.05 bits per heavy atom. The molecule has 2 saturated heterocycles. The number of halogens is 4. The molecule has 0 spiro atoms. The van der Waals surface area contributed by atoms with Crippen molar-refractivity contribution in [3.63, 3.8) is 0 Å². The van der Waals surface area contributed by atoms with Gasteiger partial charge in [0.15, 0.2) is 19.7 Å². The Labute approximate surface area is 475 Å². The first kappa shape index (κ1) is 65.3. The number of carboxylic acid groups (broad SMARTS) is 2. The number of hydrogen-bond donors (Lipinski definition) is 2. The molecule has 2 amide bonds. The Bertz CT molecular complexity index is 2760. The molecule has 4 unspecified atom stereocenters. The third-order valence-corrected chi connectivity index (χ3v) is 19.9. The third-order valence-electron chi connectivity index (χ3n) is 13.6. The minimum Gasteiger partial charge on any atom is -0.481 e. The number of amides is 2. The van der Waals surface area contributed by atoms with E-state index in [0.29, 0.717) is 42.3 Å². The number of morpholine rings is 2. The Morgan fingerprint density at radius 1 is 0.506 bits per heavy atom. The van der Waals surface area contributed by atoms with Crippen molar-refractivity contribution in [1.82, 2.24) is 9.80 Å². The van der Waals surface area contributed by atoms with Gasteiger partial charge in [-0.3, -0.25) is 19.2 Å². The van der Waals surface area contributed by atoms with Gasteiger partial charge in [0.05, 0.1) is 58.0 Å². The van der Waals surface area contributed by atoms with Crippen LogP contribution in [0, 0.1) is 10.8 Å². The van der Waals surface area contributed by atoms with E-state index >= 15 is 0 Å². The van der Waals surface area contributed by atoms with Crippen LogP contribution >= 0.6 is 46.4 Å². The lowest BCUT2D eigenvalue weighted by Crippen LogP contribution is -2.60. The van der Waals surface area contributed by atoms with Crippen LogP contribution < -0.4 is 0 Å². The zero-order chi connectivity index (χ0) is 57.3. The van der Waals surface area contributed by atoms with Crippen molar-refractivity contribution in [3.8, 4) is 0 Å². The summed E-state index contributed by atoms with van der Waals surface area (Å²) in [6.45, 7) is 21.0. The largest absolute Gasteiger partial charge is 0.481 e. The van der Waals surface area contributed by atoms with Gasteiger partial charge in [-0.25, -0.2) is 16.8 Å². The lowest BCUT2D eigenvalue weighted by molar-refractivity contribution is -0.186. The normalized spacial score (nSPS) is 21.6. The van der Waals surface area contributed by atoms with E-state index in [2.05, 4.69) is 0 Å². The van der Waals surface area contributed by atoms with Gasteiger partial charge >= 0.3 is 11.9 Å². The smallest absolute Gasteiger partial charge is 0.306 e. The van der Waals surface area contributed by atoms with E-state index in [-0.39, 0.29) is 18.9 Å². The van der Waals surface area contributed by atoms with Crippen LogP contribution in [0.1, 0.15) is 150 Å². The Morgan fingerprint density at radius 2 is 0.805 bits per heavy atom. The summed E-state index contributed by atoms with van der Waals surface area (Å²) in [7, 11) is -7.38. The van der Waals surface area contributed by atoms with Gasteiger partial charge in [0.1, 0.15) is 24.4 Å². The average molecular weight is 1190 g/mol. The summed E-state index contributed by atoms with van der Waals surface area (Å²) < 4.78 is 64.3. The van der Waals surface area contributed by atoms with Crippen LogP contribution in [0.2, 0.25) is 20.1 Å². The lowest BCUT2D eigenvalue weighted by Gasteiger charge is -2.51. The quantitative estimate of drug-likeness (QED) is 0.121. The predicted molar refractivity (Wildman–Crippen MR) is 305 cm³/mol. The highest BCUT2D eigenvalue weighted by Crippen LogP contribution is 2.49. The molecule has 0 aromatic heterocycles. The number of rotatable bonds is 14. The van der Waals surface area contributed by atoms with Crippen LogP contribution in [0.4, 0.5) is 0 Å². The van der Waals surface area contributed by atoms with Crippen molar-refractivity contribution < 1.29 is 55.7 Å². The van der Waals surface area contributed by atoms with E-state index < -0.39 is 125 Å². The number of carbonyl (C=O) groups is 4. The Balaban J connectivity index is 0.000000328. The van der Waals surface area contributed by atoms with E-state index in [9.17, 15) is 46.2 Å². The minimum absolute atomic E-state index is 0. The molecule has 77 heavy (non-hydrogen) atoms. The number of sulfone groups is 2. The van der Waals surface area contributed by atoms with Gasteiger partial charge in [-0.15, -0.1) is 0 Å². The maximum absolute atomic E-state index is 14.1. The third kappa shape index (κ3) is 16.0. The number of hydrogen-bond acceptors (Lipinski definition) is 10. The van der Waals surface area contributed by atoms with Crippen LogP contribution in [0.5, 0.6) is 0 Å². The first-order chi connectivity index (χ1) is 34.8. The average Bonchev–Trinajstić information content (AvgIpc) is 3.28. The van der Waals surface area contributed by atoms with Gasteiger partial charge in [-0.05, 0) is 123 Å². The van der Waals surface area contributed by atoms with Gasteiger partial charge < -0.3 is 29.5 Å². The number of aliphatic carboxylic acids is 2. The van der Waals surface area contributed by atoms with Crippen molar-refractivity contribution in [2.45, 2.75) is 161 Å². The van der Waals surface area contributed by atoms with E-state index in [1.807, 2.05) is 41.5 Å². The van der Waals surface area contributed by atoms with Gasteiger partial charge in [-0.2, -0.15) is 0 Å². The summed E-state index contributed by atoms with van der Waals surface area (Å²) in [4.78, 5) is 54.7. The first-order valence-electron chi connectivity index (χ1n) is 24.7. The summed E-state index contributed by atoms with van der Waals surface area (Å²) in [6, 6.07) is 24.6. The molecule has 2 heterocycles. The zero-order valence-electron chi connectivity index (χ0n) is 44.9. The van der Waals surface area contributed by atoms with Gasteiger partial charge in [-0.1, -0.05) is 144 Å². The fraction of sp³-hybridized carbons (Fsp3) is 0.509. The first-order valence-corrected chi connectivity index (χ1v) is 29.5. The van der Waals surface area contributed by atoms with Crippen LogP contribution in [0.3, 0.4) is 0 Å². The van der Waals surface area contributed by atoms with Crippen molar-refractivity contribution in [2.24, 2.45) is 10.8 Å². The van der Waals surface area contributed by atoms with Gasteiger partial charge in [0, 0.05) is 20.1 Å². The number of benzene rings is 4. The summed E-state index contributed by atoms with van der Waals surface area (Å²) in [5.74, 6) is -4.17. The molecular formula is C57H74Cl4N2O12S2. The molecule has 4 aromatic carbocycles. The highest BCUT2D eigenvalue weighted by Gasteiger charge is 2.53. The van der Waals surface area contributed by atoms with E-state index in [1.54, 1.807) is 139 Å². The molecule has 2 aliphatic heterocycles. The van der Waals surface area contributed by atoms with E-state index in [4.69, 9.17) is 55.9 Å². The number of ether oxygens (including phenoxy) is 2. The number of carboxylic acids is 2. The number of nitrogens with zero attached hydrogens (tertiary/aromatic N) is 2. The Hall–Kier alpha value is -4.26. The maximum atomic E-state index is 14.1. The topological polar surface area (TPSA) is 202 Å². The Kier molecular flexibility index (Phi) is 21.2. The van der Waals surface area contributed by atoms with Crippen molar-refractivity contribution in [2.75, 3.05) is 11.5 Å². The molecule has 2 N–H and O–H groups in total. The maximum Gasteiger partial charge on any atom is 0.306 e. The molecule has 20 heteroatoms. The summed E-state index contributed by atoms with van der Waals surface area (Å²) in [5, 5.41) is 21.1. The second-order valence-electron chi connectivity index (χ2n) is 23.4. The van der Waals surface area contributed by atoms with Crippen LogP contribution in [0.15, 0.2) is 97.1 Å². The molecule has 424 valence electrons. The molecule has 0 aliphatic carbocycles. The zero-order valence-corrected chi connectivity index (χ0v) is 49.5. The van der Waals surface area contributed by atoms with Gasteiger partial charge in [0.25, 0.3) is 11.8 Å².